The molecule has 5 rings (SSSR count). The molecule has 1 aliphatic heterocycles. The van der Waals surface area contributed by atoms with E-state index in [-0.39, 0.29) is 17.0 Å². The highest BCUT2D eigenvalue weighted by Crippen LogP contribution is 2.68. The van der Waals surface area contributed by atoms with Crippen molar-refractivity contribution in [1.29, 1.82) is 0 Å². The minimum atomic E-state index is -0.340. The number of fused-ring (bicyclic) bond motifs is 6. The Morgan fingerprint density at radius 2 is 2.04 bits per heavy atom. The number of carbonyl (C=O) groups is 2. The van der Waals surface area contributed by atoms with Gasteiger partial charge < -0.3 is 4.74 Å². The smallest absolute Gasteiger partial charge is 0.331 e. The van der Waals surface area contributed by atoms with Gasteiger partial charge in [-0.2, -0.15) is 0 Å². The Morgan fingerprint density at radius 3 is 2.77 bits per heavy atom. The Kier molecular flexibility index (Phi) is 3.59. The third-order valence-electron chi connectivity index (χ3n) is 8.92. The highest BCUT2D eigenvalue weighted by atomic mass is 16.6. The van der Waals surface area contributed by atoms with Gasteiger partial charge in [-0.25, -0.2) is 4.79 Å². The van der Waals surface area contributed by atoms with Crippen molar-refractivity contribution < 1.29 is 14.3 Å². The summed E-state index contributed by atoms with van der Waals surface area (Å²) in [5.74, 6) is 3.53. The van der Waals surface area contributed by atoms with E-state index < -0.39 is 0 Å². The molecule has 1 spiro atoms. The second-order valence-electron chi connectivity index (χ2n) is 9.59. The van der Waals surface area contributed by atoms with Crippen molar-refractivity contribution in [2.75, 3.05) is 0 Å². The molecule has 0 saturated heterocycles. The lowest BCUT2D eigenvalue weighted by atomic mass is 9.47. The van der Waals surface area contributed by atoms with E-state index in [1.165, 1.54) is 18.4 Å². The van der Waals surface area contributed by atoms with E-state index in [0.29, 0.717) is 29.5 Å². The molecule has 0 radical (unpaired) electrons. The van der Waals surface area contributed by atoms with Crippen LogP contribution < -0.4 is 0 Å². The molecule has 26 heavy (non-hydrogen) atoms. The second kappa shape index (κ2) is 5.56. The number of ether oxygens (including phenoxy) is 1. The van der Waals surface area contributed by atoms with E-state index in [9.17, 15) is 9.59 Å². The lowest BCUT2D eigenvalue weighted by Gasteiger charge is -2.58. The summed E-state index contributed by atoms with van der Waals surface area (Å²) in [5.41, 5.74) is 1.22. The van der Waals surface area contributed by atoms with Crippen LogP contribution in [-0.4, -0.2) is 17.4 Å². The van der Waals surface area contributed by atoms with Crippen molar-refractivity contribution in [3.8, 4) is 0 Å². The van der Waals surface area contributed by atoms with Gasteiger partial charge >= 0.3 is 5.97 Å². The zero-order chi connectivity index (χ0) is 18.1. The summed E-state index contributed by atoms with van der Waals surface area (Å²) in [4.78, 5) is 23.9. The predicted molar refractivity (Wildman–Crippen MR) is 99.2 cm³/mol. The maximum atomic E-state index is 12.0. The lowest BCUT2D eigenvalue weighted by Crippen LogP contribution is -2.55. The van der Waals surface area contributed by atoms with Gasteiger partial charge in [0.2, 0.25) is 0 Å². The molecule has 0 amide bonds. The van der Waals surface area contributed by atoms with Crippen LogP contribution in [0.1, 0.15) is 65.2 Å². The summed E-state index contributed by atoms with van der Waals surface area (Å²) in [5, 5.41) is 0. The monoisotopic (exact) mass is 354 g/mol. The third kappa shape index (κ3) is 2.00. The highest BCUT2D eigenvalue weighted by molar-refractivity contribution is 5.91. The minimum Gasteiger partial charge on any atom is -0.451 e. The van der Waals surface area contributed by atoms with E-state index in [2.05, 4.69) is 19.9 Å². The van der Waals surface area contributed by atoms with Crippen LogP contribution in [0.15, 0.2) is 23.8 Å². The molecule has 0 bridgehead atoms. The van der Waals surface area contributed by atoms with Crippen LogP contribution in [0.2, 0.25) is 0 Å². The first-order chi connectivity index (χ1) is 12.5. The topological polar surface area (TPSA) is 43.4 Å². The highest BCUT2D eigenvalue weighted by Gasteiger charge is 2.66. The van der Waals surface area contributed by atoms with E-state index in [1.54, 1.807) is 6.08 Å². The summed E-state index contributed by atoms with van der Waals surface area (Å²) in [6.07, 6.45) is 14.3. The van der Waals surface area contributed by atoms with Gasteiger partial charge in [-0.3, -0.25) is 4.79 Å². The molecule has 3 unspecified atom stereocenters. The van der Waals surface area contributed by atoms with Crippen LogP contribution in [0.3, 0.4) is 0 Å². The van der Waals surface area contributed by atoms with Gasteiger partial charge in [0.05, 0.1) is 0 Å². The molecule has 1 heterocycles. The summed E-state index contributed by atoms with van der Waals surface area (Å²) in [6.45, 7) is 4.71. The third-order valence-corrected chi connectivity index (χ3v) is 8.92. The molecule has 3 nitrogen and oxygen atoms in total. The van der Waals surface area contributed by atoms with E-state index in [4.69, 9.17) is 4.74 Å². The zero-order valence-corrected chi connectivity index (χ0v) is 16.0. The largest absolute Gasteiger partial charge is 0.451 e. The quantitative estimate of drug-likeness (QED) is 0.646. The van der Waals surface area contributed by atoms with Crippen molar-refractivity contribution in [2.24, 2.45) is 35.0 Å². The van der Waals surface area contributed by atoms with Crippen molar-refractivity contribution in [3.63, 3.8) is 0 Å². The molecule has 0 N–H and O–H groups in total. The van der Waals surface area contributed by atoms with Crippen molar-refractivity contribution in [3.05, 3.63) is 23.8 Å². The van der Waals surface area contributed by atoms with Gasteiger partial charge in [0.1, 0.15) is 5.60 Å². The maximum Gasteiger partial charge on any atom is 0.331 e. The van der Waals surface area contributed by atoms with Crippen LogP contribution in [0.4, 0.5) is 0 Å². The van der Waals surface area contributed by atoms with Crippen molar-refractivity contribution >= 4 is 11.8 Å². The van der Waals surface area contributed by atoms with Crippen molar-refractivity contribution in [2.45, 2.75) is 70.8 Å². The lowest BCUT2D eigenvalue weighted by molar-refractivity contribution is -0.166. The van der Waals surface area contributed by atoms with E-state index in [0.717, 1.165) is 44.4 Å². The second-order valence-corrected chi connectivity index (χ2v) is 9.59. The summed E-state index contributed by atoms with van der Waals surface area (Å²) in [6, 6.07) is 0. The number of carbonyl (C=O) groups excluding carboxylic acids is 2. The average molecular weight is 354 g/mol. The number of hydrogen-bond donors (Lipinski definition) is 0. The Labute approximate surface area is 156 Å². The Bertz CT molecular complexity index is 719. The fourth-order valence-corrected chi connectivity index (χ4v) is 8.04. The molecule has 3 saturated carbocycles. The molecule has 4 aliphatic carbocycles. The van der Waals surface area contributed by atoms with Crippen LogP contribution in [0.5, 0.6) is 0 Å². The van der Waals surface area contributed by atoms with Crippen LogP contribution in [0.25, 0.3) is 0 Å². The number of esters is 1. The Morgan fingerprint density at radius 1 is 1.19 bits per heavy atom. The molecule has 7 atom stereocenters. The van der Waals surface area contributed by atoms with E-state index in [1.807, 2.05) is 6.08 Å². The molecule has 5 aliphatic rings. The minimum absolute atomic E-state index is 0.122. The number of allylic oxidation sites excluding steroid dienone is 1. The van der Waals surface area contributed by atoms with Crippen LogP contribution in [0, 0.1) is 35.0 Å². The van der Waals surface area contributed by atoms with Gasteiger partial charge in [0.15, 0.2) is 5.78 Å². The number of rotatable bonds is 1. The van der Waals surface area contributed by atoms with Gasteiger partial charge in [0, 0.05) is 17.9 Å². The first kappa shape index (κ1) is 16.8. The summed E-state index contributed by atoms with van der Waals surface area (Å²) >= 11 is 0. The van der Waals surface area contributed by atoms with Crippen LogP contribution >= 0.6 is 0 Å². The molecule has 140 valence electrons. The van der Waals surface area contributed by atoms with Gasteiger partial charge in [-0.15, -0.1) is 0 Å². The molecule has 3 fully saturated rings. The molecular weight excluding hydrogens is 324 g/mol. The van der Waals surface area contributed by atoms with Gasteiger partial charge in [-0.05, 0) is 86.7 Å². The van der Waals surface area contributed by atoms with Gasteiger partial charge in [0.25, 0.3) is 0 Å². The van der Waals surface area contributed by atoms with Crippen molar-refractivity contribution in [1.82, 2.24) is 0 Å². The maximum absolute atomic E-state index is 12.0. The summed E-state index contributed by atoms with van der Waals surface area (Å²) < 4.78 is 6.00. The van der Waals surface area contributed by atoms with Gasteiger partial charge in [-0.1, -0.05) is 19.4 Å². The molecule has 0 aromatic rings. The van der Waals surface area contributed by atoms with Crippen LogP contribution in [-0.2, 0) is 14.3 Å². The number of hydrogen-bond acceptors (Lipinski definition) is 3. The molecule has 3 heteroatoms. The average Bonchev–Trinajstić information content (AvgIpc) is 3.16. The molecular formula is C23H30O3. The van der Waals surface area contributed by atoms with E-state index >= 15 is 0 Å². The fraction of sp³-hybridized carbons (Fsp3) is 0.739. The summed E-state index contributed by atoms with van der Waals surface area (Å²) in [7, 11) is 0. The standard InChI is InChI=1S/C23H30O3/c1-3-22-9-6-18-17-5-4-16(24)13-15(17)12-14(2)21(18)19(22)7-10-23(22)11-8-20(25)26-23/h8,11,13-14,17-19,21H,3-7,9-10,12H2,1-2H3/t14-,17+,18?,19?,21?,22+,23-/m1/s1. The Hall–Kier alpha value is -1.38. The first-order valence-corrected chi connectivity index (χ1v) is 10.7. The molecule has 0 aromatic carbocycles. The zero-order valence-electron chi connectivity index (χ0n) is 16.0. The molecule has 0 aromatic heterocycles. The normalized spacial score (nSPS) is 49.5. The number of ketones is 1. The fourth-order valence-electron chi connectivity index (χ4n) is 8.04. The Balaban J connectivity index is 1.53. The SMILES string of the molecule is CC[C@]12CCC3C(C1CC[C@@]21C=CC(=O)O1)[C@H](C)CC1=CC(=O)CC[C@@H]13. The first-order valence-electron chi connectivity index (χ1n) is 10.7. The predicted octanol–water partition coefficient (Wildman–Crippen LogP) is 4.62.